The van der Waals surface area contributed by atoms with Gasteiger partial charge in [-0.05, 0) is 38.7 Å². The van der Waals surface area contributed by atoms with E-state index in [0.717, 1.165) is 6.42 Å². The van der Waals surface area contributed by atoms with E-state index in [4.69, 9.17) is 9.47 Å². The zero-order valence-corrected chi connectivity index (χ0v) is 26.1. The molecule has 1 rings (SSSR count). The number of esters is 2. The van der Waals surface area contributed by atoms with Crippen LogP contribution in [0.15, 0.2) is 55.1 Å². The van der Waals surface area contributed by atoms with E-state index in [1.165, 1.54) is 81.8 Å². The highest BCUT2D eigenvalue weighted by Gasteiger charge is 2.03. The van der Waals surface area contributed by atoms with Crippen molar-refractivity contribution >= 4 is 18.0 Å². The molecule has 0 saturated heterocycles. The average Bonchev–Trinajstić information content (AvgIpc) is 2.90. The molecule has 0 amide bonds. The Labute approximate surface area is 241 Å². The smallest absolute Gasteiger partial charge is 0.333 e. The highest BCUT2D eigenvalue weighted by molar-refractivity contribution is 5.87. The summed E-state index contributed by atoms with van der Waals surface area (Å²) >= 11 is 0. The van der Waals surface area contributed by atoms with Crippen LogP contribution in [-0.2, 0) is 19.1 Å². The van der Waals surface area contributed by atoms with E-state index >= 15 is 0 Å². The molecule has 0 unspecified atom stereocenters. The molecular formula is C35H58O4. The Hall–Kier alpha value is -2.62. The largest absolute Gasteiger partial charge is 0.462 e. The van der Waals surface area contributed by atoms with E-state index in [-0.39, 0.29) is 11.9 Å². The Kier molecular flexibility index (Phi) is 26.6. The van der Waals surface area contributed by atoms with Crippen molar-refractivity contribution in [2.24, 2.45) is 5.92 Å². The Morgan fingerprint density at radius 1 is 0.744 bits per heavy atom. The summed E-state index contributed by atoms with van der Waals surface area (Å²) in [5.74, 6) is -0.162. The summed E-state index contributed by atoms with van der Waals surface area (Å²) in [5.41, 5.74) is 3.42. The summed E-state index contributed by atoms with van der Waals surface area (Å²) in [6.45, 7) is 23.4. The van der Waals surface area contributed by atoms with Crippen molar-refractivity contribution in [1.29, 1.82) is 0 Å². The number of carbonyl (C=O) groups is 2. The van der Waals surface area contributed by atoms with Crippen LogP contribution in [0.2, 0.25) is 0 Å². The fraction of sp³-hybridized carbons (Fsp3) is 0.600. The summed E-state index contributed by atoms with van der Waals surface area (Å²) in [6.07, 6.45) is 17.7. The molecule has 0 aliphatic heterocycles. The first-order chi connectivity index (χ1) is 18.5. The van der Waals surface area contributed by atoms with Gasteiger partial charge in [0.05, 0.1) is 13.2 Å². The molecule has 0 atom stereocenters. The Morgan fingerprint density at radius 3 is 1.54 bits per heavy atom. The fourth-order valence-electron chi connectivity index (χ4n) is 3.30. The molecule has 0 spiro atoms. The van der Waals surface area contributed by atoms with Gasteiger partial charge < -0.3 is 9.47 Å². The van der Waals surface area contributed by atoms with E-state index in [0.29, 0.717) is 30.3 Å². The zero-order valence-electron chi connectivity index (χ0n) is 26.1. The van der Waals surface area contributed by atoms with Crippen molar-refractivity contribution in [3.05, 3.63) is 66.3 Å². The minimum atomic E-state index is -0.297. The molecular weight excluding hydrogens is 484 g/mol. The second kappa shape index (κ2) is 27.0. The molecule has 0 radical (unpaired) electrons. The van der Waals surface area contributed by atoms with Gasteiger partial charge in [-0.15, -0.1) is 0 Å². The molecule has 0 aromatic heterocycles. The van der Waals surface area contributed by atoms with Gasteiger partial charge in [0.15, 0.2) is 0 Å². The van der Waals surface area contributed by atoms with E-state index in [9.17, 15) is 9.59 Å². The number of aryl methyl sites for hydroxylation is 1. The Balaban J connectivity index is 0. The summed E-state index contributed by atoms with van der Waals surface area (Å²) in [7, 11) is 0. The molecule has 0 heterocycles. The molecule has 0 N–H and O–H groups in total. The third-order valence-electron chi connectivity index (χ3n) is 5.79. The maximum Gasteiger partial charge on any atom is 0.333 e. The first kappa shape index (κ1) is 38.5. The maximum absolute atomic E-state index is 11.1. The lowest BCUT2D eigenvalue weighted by molar-refractivity contribution is -0.140. The van der Waals surface area contributed by atoms with Gasteiger partial charge in [0, 0.05) is 11.1 Å². The van der Waals surface area contributed by atoms with Crippen molar-refractivity contribution in [3.8, 4) is 0 Å². The average molecular weight is 543 g/mol. The summed E-state index contributed by atoms with van der Waals surface area (Å²) in [6, 6.07) is 8.28. The summed E-state index contributed by atoms with van der Waals surface area (Å²) in [4.78, 5) is 21.8. The molecule has 1 aromatic carbocycles. The first-order valence-electron chi connectivity index (χ1n) is 14.9. The van der Waals surface area contributed by atoms with Gasteiger partial charge in [0.2, 0.25) is 0 Å². The van der Waals surface area contributed by atoms with Gasteiger partial charge in [0.1, 0.15) is 0 Å². The van der Waals surface area contributed by atoms with Crippen molar-refractivity contribution in [3.63, 3.8) is 0 Å². The summed E-state index contributed by atoms with van der Waals surface area (Å²) in [5, 5.41) is 0. The molecule has 4 nitrogen and oxygen atoms in total. The normalized spacial score (nSPS) is 9.92. The molecule has 39 heavy (non-hydrogen) atoms. The third kappa shape index (κ3) is 28.2. The van der Waals surface area contributed by atoms with Gasteiger partial charge in [0.25, 0.3) is 0 Å². The number of benzene rings is 1. The number of unbranched alkanes of at least 4 members (excludes halogenated alkanes) is 11. The van der Waals surface area contributed by atoms with Gasteiger partial charge in [-0.3, -0.25) is 0 Å². The number of rotatable bonds is 18. The molecule has 0 bridgehead atoms. The predicted molar refractivity (Wildman–Crippen MR) is 169 cm³/mol. The van der Waals surface area contributed by atoms with Crippen LogP contribution in [0, 0.1) is 12.8 Å². The van der Waals surface area contributed by atoms with Gasteiger partial charge in [-0.25, -0.2) is 9.59 Å². The third-order valence-corrected chi connectivity index (χ3v) is 5.79. The van der Waals surface area contributed by atoms with Gasteiger partial charge >= 0.3 is 11.9 Å². The molecule has 0 fully saturated rings. The second-order valence-corrected chi connectivity index (χ2v) is 10.7. The van der Waals surface area contributed by atoms with E-state index in [1.807, 2.05) is 19.9 Å². The maximum atomic E-state index is 11.1. The molecule has 222 valence electrons. The molecule has 4 heteroatoms. The van der Waals surface area contributed by atoms with Crippen molar-refractivity contribution in [1.82, 2.24) is 0 Å². The van der Waals surface area contributed by atoms with E-state index in [1.54, 1.807) is 13.8 Å². The van der Waals surface area contributed by atoms with Gasteiger partial charge in [-0.2, -0.15) is 0 Å². The lowest BCUT2D eigenvalue weighted by Gasteiger charge is -2.05. The lowest BCUT2D eigenvalue weighted by atomic mass is 10.1. The Morgan fingerprint density at radius 2 is 1.15 bits per heavy atom. The van der Waals surface area contributed by atoms with Crippen LogP contribution >= 0.6 is 0 Å². The predicted octanol–water partition coefficient (Wildman–Crippen LogP) is 10.2. The highest BCUT2D eigenvalue weighted by atomic mass is 16.5. The monoisotopic (exact) mass is 542 g/mol. The lowest BCUT2D eigenvalue weighted by Crippen LogP contribution is -2.09. The van der Waals surface area contributed by atoms with Crippen molar-refractivity contribution in [2.75, 3.05) is 13.2 Å². The number of hydrogen-bond acceptors (Lipinski definition) is 4. The summed E-state index contributed by atoms with van der Waals surface area (Å²) < 4.78 is 9.88. The van der Waals surface area contributed by atoms with Crippen molar-refractivity contribution < 1.29 is 19.1 Å². The molecule has 1 aromatic rings. The molecule has 0 saturated carbocycles. The quantitative estimate of drug-likeness (QED) is 0.105. The first-order valence-corrected chi connectivity index (χ1v) is 14.9. The SMILES string of the molecule is C=C(C)C(=O)OCC(C)C.C=C(C)C(=O)OCCCCCCCCCCCCCC.C=Cc1ccc(C)cc1. The molecule has 0 aliphatic carbocycles. The van der Waals surface area contributed by atoms with Crippen LogP contribution in [0.3, 0.4) is 0 Å². The molecule has 0 aliphatic rings. The van der Waals surface area contributed by atoms with Crippen LogP contribution in [0.4, 0.5) is 0 Å². The van der Waals surface area contributed by atoms with Gasteiger partial charge in [-0.1, -0.05) is 147 Å². The highest BCUT2D eigenvalue weighted by Crippen LogP contribution is 2.12. The van der Waals surface area contributed by atoms with Crippen molar-refractivity contribution in [2.45, 2.75) is 119 Å². The minimum absolute atomic E-state index is 0.256. The van der Waals surface area contributed by atoms with Crippen LogP contribution in [0.25, 0.3) is 6.08 Å². The van der Waals surface area contributed by atoms with Crippen LogP contribution in [-0.4, -0.2) is 25.2 Å². The fourth-order valence-corrected chi connectivity index (χ4v) is 3.30. The second-order valence-electron chi connectivity index (χ2n) is 10.7. The Bertz CT molecular complexity index is 789. The standard InChI is InChI=1S/C18H34O2.C9H10.C8H14O2/c1-4-5-6-7-8-9-10-11-12-13-14-15-16-20-18(19)17(2)3;1-3-9-6-4-8(2)5-7-9;1-6(2)5-10-8(9)7(3)4/h2,4-16H2,1,3H3;3-7H,1H2,2H3;6H,3,5H2,1-2,4H3. The van der Waals surface area contributed by atoms with Crippen LogP contribution in [0.5, 0.6) is 0 Å². The number of carbonyl (C=O) groups excluding carboxylic acids is 2. The topological polar surface area (TPSA) is 52.6 Å². The van der Waals surface area contributed by atoms with Crippen LogP contribution in [0.1, 0.15) is 123 Å². The number of ether oxygens (including phenoxy) is 2. The number of hydrogen-bond donors (Lipinski definition) is 0. The van der Waals surface area contributed by atoms with E-state index < -0.39 is 0 Å². The van der Waals surface area contributed by atoms with Crippen LogP contribution < -0.4 is 0 Å². The van der Waals surface area contributed by atoms with E-state index in [2.05, 4.69) is 57.8 Å². The zero-order chi connectivity index (χ0) is 29.9. The minimum Gasteiger partial charge on any atom is -0.462 e.